The van der Waals surface area contributed by atoms with Crippen molar-refractivity contribution in [3.05, 3.63) is 34.5 Å². The van der Waals surface area contributed by atoms with E-state index in [2.05, 4.69) is 22.4 Å². The molecule has 20 heavy (non-hydrogen) atoms. The lowest BCUT2D eigenvalue weighted by atomic mass is 10.0. The van der Waals surface area contributed by atoms with E-state index in [0.717, 1.165) is 35.0 Å². The fourth-order valence-electron chi connectivity index (χ4n) is 3.01. The van der Waals surface area contributed by atoms with E-state index >= 15 is 0 Å². The van der Waals surface area contributed by atoms with Crippen molar-refractivity contribution in [1.82, 2.24) is 10.3 Å². The molecular weight excluding hydrogens is 265 g/mol. The van der Waals surface area contributed by atoms with Gasteiger partial charge in [0, 0.05) is 23.1 Å². The molecule has 5 heteroatoms. The number of H-pyrrole nitrogens is 1. The molecule has 0 amide bonds. The van der Waals surface area contributed by atoms with Gasteiger partial charge in [0.25, 0.3) is 0 Å². The number of nitrogens with one attached hydrogen (secondary N) is 2. The molecule has 0 fully saturated rings. The van der Waals surface area contributed by atoms with Crippen LogP contribution in [0, 0.1) is 6.92 Å². The third kappa shape index (κ3) is 2.54. The number of aromatic nitrogens is 1. The largest absolute Gasteiger partial charge is 0.401 e. The van der Waals surface area contributed by atoms with E-state index in [1.165, 1.54) is 17.5 Å². The molecule has 0 saturated carbocycles. The molecule has 1 heterocycles. The summed E-state index contributed by atoms with van der Waals surface area (Å²) in [5.41, 5.74) is 5.63. The highest BCUT2D eigenvalue weighted by Gasteiger charge is 2.26. The third-order valence-corrected chi connectivity index (χ3v) is 3.96. The van der Waals surface area contributed by atoms with Crippen LogP contribution in [0.15, 0.2) is 12.1 Å². The predicted octanol–water partition coefficient (Wildman–Crippen LogP) is 3.62. The lowest BCUT2D eigenvalue weighted by Crippen LogP contribution is -2.28. The van der Waals surface area contributed by atoms with Crippen molar-refractivity contribution in [3.63, 3.8) is 0 Å². The first-order chi connectivity index (χ1) is 9.44. The maximum Gasteiger partial charge on any atom is 0.401 e. The second-order valence-corrected chi connectivity index (χ2v) is 5.47. The minimum Gasteiger partial charge on any atom is -0.358 e. The highest BCUT2D eigenvalue weighted by atomic mass is 19.4. The van der Waals surface area contributed by atoms with Gasteiger partial charge in [0.15, 0.2) is 0 Å². The molecule has 0 spiro atoms. The molecule has 0 saturated heterocycles. The normalized spacial score (nSPS) is 15.0. The van der Waals surface area contributed by atoms with Crippen LogP contribution in [0.3, 0.4) is 0 Å². The number of fused-ring (bicyclic) bond motifs is 2. The summed E-state index contributed by atoms with van der Waals surface area (Å²) in [6.07, 6.45) is -0.820. The van der Waals surface area contributed by atoms with E-state index in [1.807, 2.05) is 6.92 Å². The molecule has 0 radical (unpaired) electrons. The van der Waals surface area contributed by atoms with Gasteiger partial charge < -0.3 is 10.3 Å². The molecule has 108 valence electrons. The maximum atomic E-state index is 12.2. The van der Waals surface area contributed by atoms with Gasteiger partial charge in [-0.15, -0.1) is 0 Å². The topological polar surface area (TPSA) is 27.8 Å². The average Bonchev–Trinajstić information content (AvgIpc) is 2.90. The molecule has 2 nitrogen and oxygen atoms in total. The highest BCUT2D eigenvalue weighted by molar-refractivity contribution is 5.86. The van der Waals surface area contributed by atoms with Crippen LogP contribution in [0.5, 0.6) is 0 Å². The van der Waals surface area contributed by atoms with E-state index in [1.54, 1.807) is 0 Å². The van der Waals surface area contributed by atoms with Crippen molar-refractivity contribution in [3.8, 4) is 0 Å². The number of hydrogen-bond acceptors (Lipinski definition) is 1. The molecule has 2 N–H and O–H groups in total. The number of aryl methyl sites for hydroxylation is 3. The Hall–Kier alpha value is -1.49. The molecule has 0 unspecified atom stereocenters. The number of hydrogen-bond donors (Lipinski definition) is 2. The van der Waals surface area contributed by atoms with Gasteiger partial charge in [0.1, 0.15) is 0 Å². The average molecular weight is 282 g/mol. The minimum atomic E-state index is -4.17. The fraction of sp³-hybridized carbons (Fsp3) is 0.467. The third-order valence-electron chi connectivity index (χ3n) is 3.96. The first-order valence-electron chi connectivity index (χ1n) is 6.84. The monoisotopic (exact) mass is 282 g/mol. The van der Waals surface area contributed by atoms with E-state index in [9.17, 15) is 13.2 Å². The Morgan fingerprint density at radius 1 is 1.20 bits per heavy atom. The minimum absolute atomic E-state index is 0.240. The SMILES string of the molecule is Cc1[nH]c2cc3c(cc2c1CNCC(F)(F)F)CCC3. The van der Waals surface area contributed by atoms with Crippen molar-refractivity contribution in [2.24, 2.45) is 0 Å². The number of rotatable bonds is 3. The molecule has 1 aliphatic carbocycles. The zero-order valence-electron chi connectivity index (χ0n) is 11.3. The van der Waals surface area contributed by atoms with Gasteiger partial charge in [-0.3, -0.25) is 0 Å². The summed E-state index contributed by atoms with van der Waals surface area (Å²) in [4.78, 5) is 3.28. The van der Waals surface area contributed by atoms with Crippen LogP contribution in [0.2, 0.25) is 0 Å². The van der Waals surface area contributed by atoms with E-state index in [4.69, 9.17) is 0 Å². The van der Waals surface area contributed by atoms with Crippen LogP contribution in [-0.2, 0) is 19.4 Å². The summed E-state index contributed by atoms with van der Waals surface area (Å²) in [5.74, 6) is 0. The second kappa shape index (κ2) is 4.81. The van der Waals surface area contributed by atoms with Gasteiger partial charge >= 0.3 is 6.18 Å². The predicted molar refractivity (Wildman–Crippen MR) is 72.8 cm³/mol. The van der Waals surface area contributed by atoms with E-state index in [-0.39, 0.29) is 6.54 Å². The number of halogens is 3. The number of benzene rings is 1. The van der Waals surface area contributed by atoms with Crippen molar-refractivity contribution in [1.29, 1.82) is 0 Å². The molecular formula is C15H17F3N2. The molecule has 0 bridgehead atoms. The van der Waals surface area contributed by atoms with E-state index in [0.29, 0.717) is 0 Å². The van der Waals surface area contributed by atoms with Gasteiger partial charge in [-0.25, -0.2) is 0 Å². The van der Waals surface area contributed by atoms with Gasteiger partial charge in [-0.05, 0) is 55.0 Å². The van der Waals surface area contributed by atoms with Crippen LogP contribution >= 0.6 is 0 Å². The molecule has 3 rings (SSSR count). The van der Waals surface area contributed by atoms with Crippen molar-refractivity contribution >= 4 is 10.9 Å². The zero-order valence-corrected chi connectivity index (χ0v) is 11.3. The smallest absolute Gasteiger partial charge is 0.358 e. The van der Waals surface area contributed by atoms with Crippen LogP contribution in [-0.4, -0.2) is 17.7 Å². The summed E-state index contributed by atoms with van der Waals surface area (Å²) in [5, 5.41) is 3.54. The van der Waals surface area contributed by atoms with Crippen molar-refractivity contribution in [2.45, 2.75) is 38.9 Å². The molecule has 2 aromatic rings. The Balaban J connectivity index is 1.88. The number of alkyl halides is 3. The summed E-state index contributed by atoms with van der Waals surface area (Å²) in [6, 6.07) is 4.30. The van der Waals surface area contributed by atoms with Gasteiger partial charge in [-0.2, -0.15) is 13.2 Å². The van der Waals surface area contributed by atoms with Gasteiger partial charge in [0.2, 0.25) is 0 Å². The first-order valence-corrected chi connectivity index (χ1v) is 6.84. The Labute approximate surface area is 115 Å². The quantitative estimate of drug-likeness (QED) is 0.884. The molecule has 0 aliphatic heterocycles. The Kier molecular flexibility index (Phi) is 3.24. The molecule has 0 atom stereocenters. The molecule has 1 aromatic carbocycles. The standard InChI is InChI=1S/C15H17F3N2/c1-9-13(7-19-8-15(16,17)18)12-5-10-3-2-4-11(10)6-14(12)20-9/h5-6,19-20H,2-4,7-8H2,1H3. The van der Waals surface area contributed by atoms with Crippen LogP contribution in [0.1, 0.15) is 28.8 Å². The maximum absolute atomic E-state index is 12.2. The summed E-state index contributed by atoms with van der Waals surface area (Å²) < 4.78 is 36.6. The van der Waals surface area contributed by atoms with Crippen LogP contribution in [0.4, 0.5) is 13.2 Å². The lowest BCUT2D eigenvalue weighted by molar-refractivity contribution is -0.125. The van der Waals surface area contributed by atoms with E-state index < -0.39 is 12.7 Å². The van der Waals surface area contributed by atoms with Crippen LogP contribution in [0.25, 0.3) is 10.9 Å². The first kappa shape index (κ1) is 13.5. The molecule has 1 aromatic heterocycles. The Morgan fingerprint density at radius 2 is 1.90 bits per heavy atom. The van der Waals surface area contributed by atoms with Gasteiger partial charge in [0.05, 0.1) is 6.54 Å². The number of aromatic amines is 1. The summed E-state index contributed by atoms with van der Waals surface area (Å²) in [7, 11) is 0. The van der Waals surface area contributed by atoms with Crippen molar-refractivity contribution < 1.29 is 13.2 Å². The van der Waals surface area contributed by atoms with Crippen molar-refractivity contribution in [2.75, 3.05) is 6.54 Å². The molecule has 1 aliphatic rings. The summed E-state index contributed by atoms with van der Waals surface area (Å²) >= 11 is 0. The highest BCUT2D eigenvalue weighted by Crippen LogP contribution is 2.30. The Bertz CT molecular complexity index is 641. The summed E-state index contributed by atoms with van der Waals surface area (Å²) in [6.45, 7) is 1.20. The lowest BCUT2D eigenvalue weighted by Gasteiger charge is -2.08. The second-order valence-electron chi connectivity index (χ2n) is 5.47. The van der Waals surface area contributed by atoms with Crippen LogP contribution < -0.4 is 5.32 Å². The van der Waals surface area contributed by atoms with Gasteiger partial charge in [-0.1, -0.05) is 0 Å². The zero-order chi connectivity index (χ0) is 14.3. The fourth-order valence-corrected chi connectivity index (χ4v) is 3.01. The Morgan fingerprint density at radius 3 is 2.60 bits per heavy atom.